The summed E-state index contributed by atoms with van der Waals surface area (Å²) in [4.78, 5) is 28.8. The predicted molar refractivity (Wildman–Crippen MR) is 148 cm³/mol. The Morgan fingerprint density at radius 2 is 1.64 bits per heavy atom. The molecule has 1 heterocycles. The van der Waals surface area contributed by atoms with Gasteiger partial charge in [0.05, 0.1) is 0 Å². The van der Waals surface area contributed by atoms with Crippen LogP contribution in [0.15, 0.2) is 94.3 Å². The van der Waals surface area contributed by atoms with Crippen molar-refractivity contribution in [3.63, 3.8) is 0 Å². The number of ether oxygens (including phenoxy) is 1. The number of halogens is 1. The summed E-state index contributed by atoms with van der Waals surface area (Å²) in [5.41, 5.74) is 2.16. The summed E-state index contributed by atoms with van der Waals surface area (Å²) in [6.07, 6.45) is 2.11. The molecule has 7 heteroatoms. The lowest BCUT2D eigenvalue weighted by Crippen LogP contribution is -2.43. The zero-order valence-corrected chi connectivity index (χ0v) is 22.5. The minimum atomic E-state index is -0.434. The van der Waals surface area contributed by atoms with Gasteiger partial charge in [0.1, 0.15) is 6.61 Å². The Hall–Kier alpha value is -2.77. The van der Waals surface area contributed by atoms with E-state index in [1.54, 1.807) is 11.8 Å². The number of nitrogens with one attached hydrogen (secondary N) is 1. The fourth-order valence-electron chi connectivity index (χ4n) is 4.34. The van der Waals surface area contributed by atoms with Crippen LogP contribution in [0.3, 0.4) is 0 Å². The molecule has 3 aromatic rings. The average Bonchev–Trinajstić information content (AvgIpc) is 3.08. The van der Waals surface area contributed by atoms with Crippen LogP contribution in [0.1, 0.15) is 30.4 Å². The molecular formula is C29H31BrN2O3S. The van der Waals surface area contributed by atoms with Crippen molar-refractivity contribution in [1.82, 2.24) is 10.2 Å². The van der Waals surface area contributed by atoms with Crippen molar-refractivity contribution in [2.24, 2.45) is 0 Å². The van der Waals surface area contributed by atoms with Gasteiger partial charge in [-0.2, -0.15) is 0 Å². The first-order valence-electron chi connectivity index (χ1n) is 12.3. The highest BCUT2D eigenvalue weighted by atomic mass is 79.9. The first-order chi connectivity index (χ1) is 17.6. The first-order valence-corrected chi connectivity index (χ1v) is 14.0. The number of benzene rings is 3. The summed E-state index contributed by atoms with van der Waals surface area (Å²) in [7, 11) is 0. The maximum absolute atomic E-state index is 13.2. The number of carbonyl (C=O) groups is 2. The second-order valence-corrected chi connectivity index (χ2v) is 10.9. The Labute approximate surface area is 225 Å². The van der Waals surface area contributed by atoms with Gasteiger partial charge in [0.25, 0.3) is 0 Å². The molecule has 1 N–H and O–H groups in total. The van der Waals surface area contributed by atoms with E-state index >= 15 is 0 Å². The zero-order chi connectivity index (χ0) is 25.2. The normalized spacial score (nSPS) is 16.8. The fourth-order valence-corrected chi connectivity index (χ4v) is 5.61. The molecule has 0 bridgehead atoms. The Kier molecular flexibility index (Phi) is 9.87. The largest absolute Gasteiger partial charge is 0.445 e. The molecule has 0 aromatic heterocycles. The van der Waals surface area contributed by atoms with Crippen LogP contribution in [0.4, 0.5) is 4.79 Å². The van der Waals surface area contributed by atoms with E-state index in [-0.39, 0.29) is 24.6 Å². The van der Waals surface area contributed by atoms with E-state index in [1.165, 1.54) is 10.5 Å². The fraction of sp³-hybridized carbons (Fsp3) is 0.310. The molecule has 1 saturated heterocycles. The molecule has 2 atom stereocenters. The summed E-state index contributed by atoms with van der Waals surface area (Å²) in [6, 6.07) is 28.2. The van der Waals surface area contributed by atoms with Gasteiger partial charge in [-0.25, -0.2) is 4.79 Å². The Morgan fingerprint density at radius 1 is 0.972 bits per heavy atom. The van der Waals surface area contributed by atoms with Gasteiger partial charge in [-0.15, -0.1) is 11.8 Å². The van der Waals surface area contributed by atoms with Crippen LogP contribution in [0.2, 0.25) is 0 Å². The van der Waals surface area contributed by atoms with Crippen LogP contribution in [-0.4, -0.2) is 41.3 Å². The number of amides is 2. The van der Waals surface area contributed by atoms with E-state index in [4.69, 9.17) is 4.74 Å². The number of nitrogens with zero attached hydrogens (tertiary/aromatic N) is 1. The molecule has 1 aliphatic heterocycles. The third kappa shape index (κ3) is 8.14. The van der Waals surface area contributed by atoms with Gasteiger partial charge in [-0.05, 0) is 54.7 Å². The van der Waals surface area contributed by atoms with Gasteiger partial charge in [-0.3, -0.25) is 4.79 Å². The van der Waals surface area contributed by atoms with Gasteiger partial charge in [0.2, 0.25) is 5.91 Å². The molecule has 4 rings (SSSR count). The lowest BCUT2D eigenvalue weighted by Gasteiger charge is -2.31. The van der Waals surface area contributed by atoms with Gasteiger partial charge in [-0.1, -0.05) is 76.6 Å². The lowest BCUT2D eigenvalue weighted by molar-refractivity contribution is -0.132. The summed E-state index contributed by atoms with van der Waals surface area (Å²) < 4.78 is 6.44. The summed E-state index contributed by atoms with van der Waals surface area (Å²) in [5.74, 6) is 0.953. The van der Waals surface area contributed by atoms with Crippen LogP contribution in [0, 0.1) is 0 Å². The number of likely N-dealkylation sites (tertiary alicyclic amines) is 1. The monoisotopic (exact) mass is 566 g/mol. The minimum Gasteiger partial charge on any atom is -0.445 e. The zero-order valence-electron chi connectivity index (χ0n) is 20.1. The molecule has 0 unspecified atom stereocenters. The van der Waals surface area contributed by atoms with Crippen LogP contribution >= 0.6 is 27.7 Å². The van der Waals surface area contributed by atoms with Crippen molar-refractivity contribution in [3.05, 3.63) is 101 Å². The second-order valence-electron chi connectivity index (χ2n) is 8.93. The Bertz CT molecular complexity index is 1110. The van der Waals surface area contributed by atoms with Crippen molar-refractivity contribution in [1.29, 1.82) is 0 Å². The van der Waals surface area contributed by atoms with E-state index in [1.807, 2.05) is 65.6 Å². The lowest BCUT2D eigenvalue weighted by atomic mass is 10.1. The van der Waals surface area contributed by atoms with Crippen LogP contribution in [0.25, 0.3) is 0 Å². The van der Waals surface area contributed by atoms with E-state index in [9.17, 15) is 9.59 Å². The number of hydrogen-bond donors (Lipinski definition) is 1. The maximum atomic E-state index is 13.2. The molecule has 0 saturated carbocycles. The highest BCUT2D eigenvalue weighted by Gasteiger charge is 2.29. The van der Waals surface area contributed by atoms with Crippen LogP contribution in [-0.2, 0) is 22.6 Å². The van der Waals surface area contributed by atoms with E-state index in [0.29, 0.717) is 25.8 Å². The molecule has 1 fully saturated rings. The topological polar surface area (TPSA) is 58.6 Å². The van der Waals surface area contributed by atoms with Gasteiger partial charge >= 0.3 is 6.09 Å². The van der Waals surface area contributed by atoms with Crippen molar-refractivity contribution >= 4 is 39.7 Å². The maximum Gasteiger partial charge on any atom is 0.407 e. The van der Waals surface area contributed by atoms with Crippen molar-refractivity contribution < 1.29 is 14.3 Å². The molecule has 188 valence electrons. The third-order valence-electron chi connectivity index (χ3n) is 6.29. The predicted octanol–water partition coefficient (Wildman–Crippen LogP) is 6.46. The van der Waals surface area contributed by atoms with Crippen LogP contribution < -0.4 is 5.32 Å². The van der Waals surface area contributed by atoms with E-state index < -0.39 is 6.09 Å². The number of carbonyl (C=O) groups excluding carboxylic acids is 2. The van der Waals surface area contributed by atoms with E-state index in [2.05, 4.69) is 45.5 Å². The number of thioether (sulfide) groups is 1. The third-order valence-corrected chi connectivity index (χ3v) is 7.98. The number of alkyl carbamates (subject to hydrolysis) is 1. The first kappa shape index (κ1) is 26.3. The standard InChI is InChI=1S/C29H31BrN2O3S/c30-24-11-14-27(15-12-24)36-21-26(19-22-7-3-1-4-8-22)32-18-17-25(13-16-28(32)33)31-29(34)35-20-23-9-5-2-6-10-23/h1-12,14-15,25-26H,13,16-21H2,(H,31,34)/t25-,26-/m0/s1. The van der Waals surface area contributed by atoms with Crippen molar-refractivity contribution in [2.45, 2.75) is 49.3 Å². The molecule has 2 amide bonds. The second kappa shape index (κ2) is 13.5. The van der Waals surface area contributed by atoms with Crippen molar-refractivity contribution in [3.8, 4) is 0 Å². The molecule has 5 nitrogen and oxygen atoms in total. The van der Waals surface area contributed by atoms with Gasteiger partial charge in [0.15, 0.2) is 0 Å². The smallest absolute Gasteiger partial charge is 0.407 e. The summed E-state index contributed by atoms with van der Waals surface area (Å²) in [5, 5.41) is 2.97. The highest BCUT2D eigenvalue weighted by Crippen LogP contribution is 2.26. The molecule has 1 aliphatic rings. The molecule has 0 radical (unpaired) electrons. The van der Waals surface area contributed by atoms with Crippen molar-refractivity contribution in [2.75, 3.05) is 12.3 Å². The molecule has 0 spiro atoms. The summed E-state index contributed by atoms with van der Waals surface area (Å²) >= 11 is 5.26. The molecular weight excluding hydrogens is 536 g/mol. The quantitative estimate of drug-likeness (QED) is 0.302. The highest BCUT2D eigenvalue weighted by molar-refractivity contribution is 9.10. The molecule has 36 heavy (non-hydrogen) atoms. The van der Waals surface area contributed by atoms with E-state index in [0.717, 1.165) is 22.2 Å². The average molecular weight is 568 g/mol. The SMILES string of the molecule is O=C(N[C@H]1CCC(=O)N([C@H](CSc2ccc(Br)cc2)Cc2ccccc2)CC1)OCc1ccccc1. The Balaban J connectivity index is 1.36. The van der Waals surface area contributed by atoms with Gasteiger partial charge in [0, 0.05) is 40.2 Å². The van der Waals surface area contributed by atoms with Gasteiger partial charge < -0.3 is 15.0 Å². The Morgan fingerprint density at radius 3 is 2.33 bits per heavy atom. The number of rotatable bonds is 9. The van der Waals surface area contributed by atoms with Crippen LogP contribution in [0.5, 0.6) is 0 Å². The number of hydrogen-bond acceptors (Lipinski definition) is 4. The molecule has 0 aliphatic carbocycles. The molecule has 3 aromatic carbocycles. The minimum absolute atomic E-state index is 0.0670. The summed E-state index contributed by atoms with van der Waals surface area (Å²) in [6.45, 7) is 0.845.